The van der Waals surface area contributed by atoms with Crippen molar-refractivity contribution in [1.29, 1.82) is 0 Å². The van der Waals surface area contributed by atoms with Crippen molar-refractivity contribution in [3.05, 3.63) is 64.5 Å². The highest BCUT2D eigenvalue weighted by molar-refractivity contribution is 9.10. The smallest absolute Gasteiger partial charge is 0.264 e. The molecule has 0 fully saturated rings. The fourth-order valence-corrected chi connectivity index (χ4v) is 3.07. The number of benzene rings is 2. The van der Waals surface area contributed by atoms with E-state index in [9.17, 15) is 4.79 Å². The van der Waals surface area contributed by atoms with Gasteiger partial charge in [-0.15, -0.1) is 11.3 Å². The summed E-state index contributed by atoms with van der Waals surface area (Å²) in [6.45, 7) is -0.0666. The molecule has 6 heteroatoms. The lowest BCUT2D eigenvalue weighted by Gasteiger charge is -2.07. The van der Waals surface area contributed by atoms with Gasteiger partial charge < -0.3 is 4.74 Å². The van der Waals surface area contributed by atoms with Crippen LogP contribution in [0.2, 0.25) is 0 Å². The summed E-state index contributed by atoms with van der Waals surface area (Å²) in [5, 5.41) is 5.23. The van der Waals surface area contributed by atoms with E-state index in [0.717, 1.165) is 15.7 Å². The Labute approximate surface area is 146 Å². The molecule has 1 amide bonds. The number of amides is 1. The molecule has 1 aromatic heterocycles. The summed E-state index contributed by atoms with van der Waals surface area (Å²) in [6, 6.07) is 17.2. The molecule has 2 aromatic carbocycles. The van der Waals surface area contributed by atoms with Gasteiger partial charge in [0.05, 0.1) is 10.2 Å². The Hall–Kier alpha value is -2.18. The summed E-state index contributed by atoms with van der Waals surface area (Å²) < 4.78 is 6.29. The molecule has 0 aliphatic heterocycles. The third kappa shape index (κ3) is 4.18. The van der Waals surface area contributed by atoms with Gasteiger partial charge in [0.15, 0.2) is 11.7 Å². The number of nitrogens with zero attached hydrogens (tertiary/aromatic N) is 1. The second kappa shape index (κ2) is 7.39. The first-order chi connectivity index (χ1) is 11.2. The summed E-state index contributed by atoms with van der Waals surface area (Å²) in [6.07, 6.45) is 0. The van der Waals surface area contributed by atoms with Crippen molar-refractivity contribution in [1.82, 2.24) is 4.98 Å². The highest BCUT2D eigenvalue weighted by Crippen LogP contribution is 2.25. The van der Waals surface area contributed by atoms with E-state index in [2.05, 4.69) is 26.2 Å². The third-order valence-electron chi connectivity index (χ3n) is 3.02. The minimum Gasteiger partial charge on any atom is -0.483 e. The predicted molar refractivity (Wildman–Crippen MR) is 95.8 cm³/mol. The lowest BCUT2D eigenvalue weighted by Crippen LogP contribution is -2.20. The highest BCUT2D eigenvalue weighted by Gasteiger charge is 2.09. The van der Waals surface area contributed by atoms with Gasteiger partial charge >= 0.3 is 0 Å². The Morgan fingerprint density at radius 2 is 1.87 bits per heavy atom. The maximum absolute atomic E-state index is 12.0. The van der Waals surface area contributed by atoms with E-state index in [-0.39, 0.29) is 12.5 Å². The first-order valence-electron chi connectivity index (χ1n) is 6.90. The van der Waals surface area contributed by atoms with Gasteiger partial charge in [0.1, 0.15) is 5.75 Å². The van der Waals surface area contributed by atoms with Crippen LogP contribution in [0, 0.1) is 0 Å². The predicted octanol–water partition coefficient (Wildman–Crippen LogP) is 4.59. The minimum absolute atomic E-state index is 0.0666. The van der Waals surface area contributed by atoms with Crippen molar-refractivity contribution in [2.45, 2.75) is 0 Å². The van der Waals surface area contributed by atoms with Gasteiger partial charge in [0.25, 0.3) is 5.91 Å². The zero-order valence-electron chi connectivity index (χ0n) is 12.0. The zero-order chi connectivity index (χ0) is 16.1. The number of anilines is 1. The Balaban J connectivity index is 1.58. The fraction of sp³-hybridized carbons (Fsp3) is 0.0588. The van der Waals surface area contributed by atoms with E-state index >= 15 is 0 Å². The number of nitrogens with one attached hydrogen (secondary N) is 1. The monoisotopic (exact) mass is 388 g/mol. The average molecular weight is 389 g/mol. The molecule has 0 saturated heterocycles. The van der Waals surface area contributed by atoms with Crippen molar-refractivity contribution < 1.29 is 9.53 Å². The maximum Gasteiger partial charge on any atom is 0.264 e. The van der Waals surface area contributed by atoms with Crippen LogP contribution in [0.4, 0.5) is 5.13 Å². The molecule has 1 heterocycles. The first-order valence-corrected chi connectivity index (χ1v) is 8.58. The topological polar surface area (TPSA) is 51.2 Å². The van der Waals surface area contributed by atoms with Crippen LogP contribution in [0.25, 0.3) is 11.3 Å². The standard InChI is InChI=1S/C17H13BrN2O2S/c18-13-8-4-5-9-15(13)22-10-16(21)20-17-19-14(11-23-17)12-6-2-1-3-7-12/h1-9,11H,10H2,(H,19,20,21). The van der Waals surface area contributed by atoms with Crippen LogP contribution in [0.1, 0.15) is 0 Å². The maximum atomic E-state index is 12.0. The minimum atomic E-state index is -0.241. The molecule has 0 aliphatic carbocycles. The van der Waals surface area contributed by atoms with E-state index < -0.39 is 0 Å². The molecular formula is C17H13BrN2O2S. The molecule has 0 aliphatic rings. The molecule has 0 unspecified atom stereocenters. The third-order valence-corrected chi connectivity index (χ3v) is 4.43. The first kappa shape index (κ1) is 15.7. The van der Waals surface area contributed by atoms with Crippen LogP contribution in [-0.4, -0.2) is 17.5 Å². The average Bonchev–Trinajstić information content (AvgIpc) is 3.03. The van der Waals surface area contributed by atoms with Gasteiger partial charge in [-0.3, -0.25) is 10.1 Å². The molecule has 116 valence electrons. The van der Waals surface area contributed by atoms with Crippen LogP contribution in [0.5, 0.6) is 5.75 Å². The molecule has 3 aromatic rings. The Morgan fingerprint density at radius 1 is 1.13 bits per heavy atom. The van der Waals surface area contributed by atoms with Crippen LogP contribution in [0.3, 0.4) is 0 Å². The van der Waals surface area contributed by atoms with Crippen molar-refractivity contribution in [2.75, 3.05) is 11.9 Å². The number of ether oxygens (including phenoxy) is 1. The van der Waals surface area contributed by atoms with Crippen LogP contribution in [0.15, 0.2) is 64.5 Å². The number of hydrogen-bond acceptors (Lipinski definition) is 4. The van der Waals surface area contributed by atoms with E-state index in [4.69, 9.17) is 4.74 Å². The van der Waals surface area contributed by atoms with Gasteiger partial charge in [-0.1, -0.05) is 42.5 Å². The number of thiazole rings is 1. The summed E-state index contributed by atoms with van der Waals surface area (Å²) >= 11 is 4.77. The summed E-state index contributed by atoms with van der Waals surface area (Å²) in [5.41, 5.74) is 1.87. The number of aromatic nitrogens is 1. The van der Waals surface area contributed by atoms with Gasteiger partial charge in [0, 0.05) is 10.9 Å². The molecule has 0 saturated carbocycles. The molecule has 0 atom stereocenters. The lowest BCUT2D eigenvalue weighted by molar-refractivity contribution is -0.118. The molecule has 4 nitrogen and oxygen atoms in total. The van der Waals surface area contributed by atoms with Gasteiger partial charge in [-0.25, -0.2) is 4.98 Å². The molecule has 0 radical (unpaired) electrons. The summed E-state index contributed by atoms with van der Waals surface area (Å²) in [7, 11) is 0. The Bertz CT molecular complexity index is 805. The number of halogens is 1. The number of rotatable bonds is 5. The summed E-state index contributed by atoms with van der Waals surface area (Å²) in [5.74, 6) is 0.390. The quantitative estimate of drug-likeness (QED) is 0.695. The van der Waals surface area contributed by atoms with Crippen molar-refractivity contribution in [3.8, 4) is 17.0 Å². The molecule has 1 N–H and O–H groups in total. The van der Waals surface area contributed by atoms with Crippen LogP contribution < -0.4 is 10.1 Å². The second-order valence-corrected chi connectivity index (χ2v) is 6.38. The molecule has 23 heavy (non-hydrogen) atoms. The fourth-order valence-electron chi connectivity index (χ4n) is 1.93. The largest absolute Gasteiger partial charge is 0.483 e. The number of hydrogen-bond donors (Lipinski definition) is 1. The van der Waals surface area contributed by atoms with Gasteiger partial charge in [0.2, 0.25) is 0 Å². The van der Waals surface area contributed by atoms with E-state index in [1.54, 1.807) is 6.07 Å². The number of carbonyl (C=O) groups is 1. The number of carbonyl (C=O) groups excluding carboxylic acids is 1. The summed E-state index contributed by atoms with van der Waals surface area (Å²) in [4.78, 5) is 16.4. The Morgan fingerprint density at radius 3 is 2.65 bits per heavy atom. The molecule has 0 bridgehead atoms. The SMILES string of the molecule is O=C(COc1ccccc1Br)Nc1nc(-c2ccccc2)cs1. The molecular weight excluding hydrogens is 376 g/mol. The zero-order valence-corrected chi connectivity index (χ0v) is 14.4. The van der Waals surface area contributed by atoms with E-state index in [1.165, 1.54) is 11.3 Å². The lowest BCUT2D eigenvalue weighted by atomic mass is 10.2. The van der Waals surface area contributed by atoms with Crippen molar-refractivity contribution in [2.24, 2.45) is 0 Å². The van der Waals surface area contributed by atoms with E-state index in [1.807, 2.05) is 53.9 Å². The van der Waals surface area contributed by atoms with Crippen molar-refractivity contribution >= 4 is 38.3 Å². The number of para-hydroxylation sites is 1. The van der Waals surface area contributed by atoms with Gasteiger partial charge in [-0.05, 0) is 28.1 Å². The molecule has 0 spiro atoms. The Kier molecular flexibility index (Phi) is 5.05. The highest BCUT2D eigenvalue weighted by atomic mass is 79.9. The van der Waals surface area contributed by atoms with Crippen molar-refractivity contribution in [3.63, 3.8) is 0 Å². The van der Waals surface area contributed by atoms with Crippen LogP contribution >= 0.6 is 27.3 Å². The molecule has 3 rings (SSSR count). The van der Waals surface area contributed by atoms with Crippen LogP contribution in [-0.2, 0) is 4.79 Å². The van der Waals surface area contributed by atoms with E-state index in [0.29, 0.717) is 10.9 Å². The van der Waals surface area contributed by atoms with Gasteiger partial charge in [-0.2, -0.15) is 0 Å². The normalized spacial score (nSPS) is 10.3. The second-order valence-electron chi connectivity index (χ2n) is 4.67.